The lowest BCUT2D eigenvalue weighted by Crippen LogP contribution is -2.32. The van der Waals surface area contributed by atoms with E-state index >= 15 is 0 Å². The lowest BCUT2D eigenvalue weighted by Gasteiger charge is -2.11. The zero-order valence-corrected chi connectivity index (χ0v) is 11.7. The van der Waals surface area contributed by atoms with E-state index in [1.54, 1.807) is 6.07 Å². The van der Waals surface area contributed by atoms with Gasteiger partial charge in [-0.25, -0.2) is 0 Å². The number of anilines is 1. The van der Waals surface area contributed by atoms with Crippen molar-refractivity contribution in [3.63, 3.8) is 0 Å². The van der Waals surface area contributed by atoms with E-state index in [-0.39, 0.29) is 11.8 Å². The quantitative estimate of drug-likeness (QED) is 0.706. The van der Waals surface area contributed by atoms with Crippen molar-refractivity contribution >= 4 is 17.5 Å². The van der Waals surface area contributed by atoms with E-state index < -0.39 is 0 Å². The van der Waals surface area contributed by atoms with Gasteiger partial charge in [0.1, 0.15) is 0 Å². The van der Waals surface area contributed by atoms with Crippen molar-refractivity contribution < 1.29 is 9.59 Å². The van der Waals surface area contributed by atoms with Crippen LogP contribution >= 0.6 is 0 Å². The summed E-state index contributed by atoms with van der Waals surface area (Å²) in [5.74, 6) is -0.145. The molecule has 2 amide bonds. The van der Waals surface area contributed by atoms with Gasteiger partial charge in [-0.15, -0.1) is 0 Å². The molecule has 0 unspecified atom stereocenters. The Hall–Kier alpha value is -2.04. The Kier molecular flexibility index (Phi) is 4.98. The van der Waals surface area contributed by atoms with E-state index in [4.69, 9.17) is 0 Å². The highest BCUT2D eigenvalue weighted by Crippen LogP contribution is 2.18. The van der Waals surface area contributed by atoms with Gasteiger partial charge in [-0.2, -0.15) is 0 Å². The molecule has 0 aromatic heterocycles. The molecule has 0 spiro atoms. The monoisotopic (exact) mass is 275 g/mol. The van der Waals surface area contributed by atoms with Crippen molar-refractivity contribution in [2.75, 3.05) is 18.4 Å². The Balaban J connectivity index is 1.80. The highest BCUT2D eigenvalue weighted by atomic mass is 16.2. The van der Waals surface area contributed by atoms with Gasteiger partial charge < -0.3 is 16.0 Å². The van der Waals surface area contributed by atoms with Crippen LogP contribution in [0.1, 0.15) is 36.5 Å². The number of hydrogen-bond acceptors (Lipinski definition) is 3. The smallest absolute Gasteiger partial charge is 0.253 e. The van der Waals surface area contributed by atoms with Gasteiger partial charge in [0.2, 0.25) is 5.91 Å². The minimum Gasteiger partial charge on any atom is -0.385 e. The van der Waals surface area contributed by atoms with Crippen LogP contribution in [0.2, 0.25) is 0 Å². The van der Waals surface area contributed by atoms with Gasteiger partial charge in [-0.3, -0.25) is 9.59 Å². The summed E-state index contributed by atoms with van der Waals surface area (Å²) in [5, 5.41) is 8.83. The molecule has 0 heterocycles. The number of rotatable bonds is 7. The molecule has 108 valence electrons. The fourth-order valence-electron chi connectivity index (χ4n) is 1.94. The lowest BCUT2D eigenvalue weighted by atomic mass is 10.1. The van der Waals surface area contributed by atoms with Crippen LogP contribution in [0.25, 0.3) is 0 Å². The van der Waals surface area contributed by atoms with Crippen LogP contribution < -0.4 is 16.0 Å². The number of carbonyl (C=O) groups excluding carboxylic acids is 2. The molecule has 1 saturated carbocycles. The first-order valence-electron chi connectivity index (χ1n) is 7.11. The minimum atomic E-state index is -0.152. The van der Waals surface area contributed by atoms with Gasteiger partial charge in [0, 0.05) is 31.2 Å². The number of hydrogen-bond donors (Lipinski definition) is 3. The van der Waals surface area contributed by atoms with Crippen molar-refractivity contribution in [3.8, 4) is 0 Å². The molecule has 1 aromatic rings. The highest BCUT2D eigenvalue weighted by Gasteiger charge is 2.22. The zero-order chi connectivity index (χ0) is 14.4. The Morgan fingerprint density at radius 3 is 2.70 bits per heavy atom. The molecule has 0 saturated heterocycles. The van der Waals surface area contributed by atoms with E-state index in [0.717, 1.165) is 25.1 Å². The van der Waals surface area contributed by atoms with Crippen LogP contribution in [0, 0.1) is 0 Å². The van der Waals surface area contributed by atoms with E-state index in [1.807, 2.05) is 25.1 Å². The number of amides is 2. The number of nitrogens with one attached hydrogen (secondary N) is 3. The molecule has 0 radical (unpaired) electrons. The molecule has 1 fully saturated rings. The lowest BCUT2D eigenvalue weighted by molar-refractivity contribution is -0.121. The summed E-state index contributed by atoms with van der Waals surface area (Å²) in [6.45, 7) is 3.10. The molecule has 2 rings (SSSR count). The maximum absolute atomic E-state index is 12.1. The van der Waals surface area contributed by atoms with Crippen molar-refractivity contribution in [1.29, 1.82) is 0 Å². The summed E-state index contributed by atoms with van der Waals surface area (Å²) in [6.07, 6.45) is 2.48. The summed E-state index contributed by atoms with van der Waals surface area (Å²) in [7, 11) is 0. The van der Waals surface area contributed by atoms with Crippen molar-refractivity contribution in [1.82, 2.24) is 10.6 Å². The molecule has 3 N–H and O–H groups in total. The van der Waals surface area contributed by atoms with Crippen LogP contribution in [0.5, 0.6) is 0 Å². The molecule has 5 nitrogen and oxygen atoms in total. The van der Waals surface area contributed by atoms with Crippen molar-refractivity contribution in [3.05, 3.63) is 29.8 Å². The molecule has 0 bridgehead atoms. The van der Waals surface area contributed by atoms with Crippen molar-refractivity contribution in [2.24, 2.45) is 0 Å². The zero-order valence-electron chi connectivity index (χ0n) is 11.7. The molecule has 1 aromatic carbocycles. The molecule has 20 heavy (non-hydrogen) atoms. The largest absolute Gasteiger partial charge is 0.385 e. The molecule has 1 aliphatic rings. The second-order valence-corrected chi connectivity index (χ2v) is 4.92. The van der Waals surface area contributed by atoms with Crippen LogP contribution in [0.3, 0.4) is 0 Å². The first-order valence-corrected chi connectivity index (χ1v) is 7.11. The van der Waals surface area contributed by atoms with Crippen LogP contribution in [-0.4, -0.2) is 30.9 Å². The van der Waals surface area contributed by atoms with Crippen LogP contribution in [0.15, 0.2) is 24.3 Å². The number of benzene rings is 1. The van der Waals surface area contributed by atoms with Gasteiger partial charge >= 0.3 is 0 Å². The highest BCUT2D eigenvalue weighted by molar-refractivity contribution is 5.99. The Labute approximate surface area is 119 Å². The standard InChI is InChI=1S/C15H21N3O2/c1-2-16-13-6-4-3-5-12(13)15(20)17-10-9-14(19)18-11-7-8-11/h3-6,11,16H,2,7-10H2,1H3,(H,17,20)(H,18,19). The van der Waals surface area contributed by atoms with E-state index in [2.05, 4.69) is 16.0 Å². The third kappa shape index (κ3) is 4.26. The minimum absolute atomic E-state index is 0.00719. The first kappa shape index (κ1) is 14.4. The molecule has 5 heteroatoms. The Morgan fingerprint density at radius 1 is 1.25 bits per heavy atom. The first-order chi connectivity index (χ1) is 9.70. The van der Waals surface area contributed by atoms with Crippen LogP contribution in [0.4, 0.5) is 5.69 Å². The van der Waals surface area contributed by atoms with Gasteiger partial charge in [0.15, 0.2) is 0 Å². The molecule has 0 atom stereocenters. The summed E-state index contributed by atoms with van der Waals surface area (Å²) in [5.41, 5.74) is 1.42. The predicted octanol–water partition coefficient (Wildman–Crippen LogP) is 1.52. The molecular weight excluding hydrogens is 254 g/mol. The number of para-hydroxylation sites is 1. The third-order valence-corrected chi connectivity index (χ3v) is 3.12. The topological polar surface area (TPSA) is 70.2 Å². The summed E-state index contributed by atoms with van der Waals surface area (Å²) < 4.78 is 0. The SMILES string of the molecule is CCNc1ccccc1C(=O)NCCC(=O)NC1CC1. The van der Waals surface area contributed by atoms with E-state index in [9.17, 15) is 9.59 Å². The normalized spacial score (nSPS) is 13.7. The van der Waals surface area contributed by atoms with Gasteiger partial charge in [0.05, 0.1) is 5.56 Å². The molecular formula is C15H21N3O2. The van der Waals surface area contributed by atoms with E-state index in [1.165, 1.54) is 0 Å². The van der Waals surface area contributed by atoms with Crippen molar-refractivity contribution in [2.45, 2.75) is 32.2 Å². The average molecular weight is 275 g/mol. The summed E-state index contributed by atoms with van der Waals surface area (Å²) in [4.78, 5) is 23.6. The molecule has 0 aliphatic heterocycles. The summed E-state index contributed by atoms with van der Waals surface area (Å²) >= 11 is 0. The maximum Gasteiger partial charge on any atom is 0.253 e. The van der Waals surface area contributed by atoms with Gasteiger partial charge in [-0.05, 0) is 31.9 Å². The fraction of sp³-hybridized carbons (Fsp3) is 0.467. The number of carbonyl (C=O) groups is 2. The Morgan fingerprint density at radius 2 is 2.00 bits per heavy atom. The third-order valence-electron chi connectivity index (χ3n) is 3.12. The second kappa shape index (κ2) is 6.93. The predicted molar refractivity (Wildman–Crippen MR) is 78.7 cm³/mol. The van der Waals surface area contributed by atoms with Gasteiger partial charge in [0.25, 0.3) is 5.91 Å². The van der Waals surface area contributed by atoms with E-state index in [0.29, 0.717) is 24.6 Å². The Bertz CT molecular complexity index is 484. The molecule has 1 aliphatic carbocycles. The average Bonchev–Trinajstić information content (AvgIpc) is 3.23. The second-order valence-electron chi connectivity index (χ2n) is 4.92. The fourth-order valence-corrected chi connectivity index (χ4v) is 1.94. The maximum atomic E-state index is 12.1. The summed E-state index contributed by atoms with van der Waals surface area (Å²) in [6, 6.07) is 7.73. The van der Waals surface area contributed by atoms with Gasteiger partial charge in [-0.1, -0.05) is 12.1 Å². The van der Waals surface area contributed by atoms with Crippen LogP contribution in [-0.2, 0) is 4.79 Å².